The highest BCUT2D eigenvalue weighted by atomic mass is 79.9. The predicted octanol–water partition coefficient (Wildman–Crippen LogP) is 4.23. The highest BCUT2D eigenvalue weighted by Gasteiger charge is 2.18. The number of carbonyl (C=O) groups excluding carboxylic acids is 1. The number of Topliss-reactive ketones (excluding diaryl/α,β-unsaturated/α-hetero) is 1. The molecule has 0 aliphatic rings. The van der Waals surface area contributed by atoms with Crippen molar-refractivity contribution in [2.75, 3.05) is 11.9 Å². The van der Waals surface area contributed by atoms with Gasteiger partial charge in [-0.2, -0.15) is 0 Å². The molecule has 0 atom stereocenters. The van der Waals surface area contributed by atoms with Crippen molar-refractivity contribution < 1.29 is 4.79 Å². The van der Waals surface area contributed by atoms with Crippen LogP contribution in [0.5, 0.6) is 0 Å². The highest BCUT2D eigenvalue weighted by Crippen LogP contribution is 2.37. The Bertz CT molecular complexity index is 360. The van der Waals surface area contributed by atoms with Crippen molar-refractivity contribution in [1.29, 1.82) is 0 Å². The molecule has 0 amide bonds. The van der Waals surface area contributed by atoms with Gasteiger partial charge >= 0.3 is 0 Å². The van der Waals surface area contributed by atoms with Gasteiger partial charge in [0.2, 0.25) is 0 Å². The van der Waals surface area contributed by atoms with Gasteiger partial charge in [-0.1, -0.05) is 6.92 Å². The first-order chi connectivity index (χ1) is 7.11. The van der Waals surface area contributed by atoms with E-state index in [1.54, 1.807) is 11.3 Å². The summed E-state index contributed by atoms with van der Waals surface area (Å²) < 4.78 is 0.953. The van der Waals surface area contributed by atoms with E-state index >= 15 is 0 Å². The molecule has 0 saturated heterocycles. The summed E-state index contributed by atoms with van der Waals surface area (Å²) >= 11 is 5.07. The highest BCUT2D eigenvalue weighted by molar-refractivity contribution is 9.11. The van der Waals surface area contributed by atoms with Gasteiger partial charge in [0.15, 0.2) is 5.78 Å². The summed E-state index contributed by atoms with van der Waals surface area (Å²) in [7, 11) is 0. The third kappa shape index (κ3) is 2.82. The summed E-state index contributed by atoms with van der Waals surface area (Å²) in [5.41, 5.74) is 1.94. The third-order valence-corrected chi connectivity index (χ3v) is 4.12. The molecule has 4 heteroatoms. The molecule has 0 fully saturated rings. The molecule has 0 aliphatic carbocycles. The number of hydrogen-bond donors (Lipinski definition) is 1. The van der Waals surface area contributed by atoms with E-state index in [1.165, 1.54) is 0 Å². The van der Waals surface area contributed by atoms with Crippen molar-refractivity contribution in [1.82, 2.24) is 0 Å². The van der Waals surface area contributed by atoms with E-state index in [0.29, 0.717) is 6.42 Å². The van der Waals surface area contributed by atoms with E-state index in [9.17, 15) is 4.79 Å². The molecule has 1 aromatic rings. The number of nitrogens with one attached hydrogen (secondary N) is 1. The zero-order valence-corrected chi connectivity index (χ0v) is 11.7. The summed E-state index contributed by atoms with van der Waals surface area (Å²) in [5, 5.41) is 4.37. The lowest BCUT2D eigenvalue weighted by Gasteiger charge is -2.02. The lowest BCUT2D eigenvalue weighted by atomic mass is 10.1. The molecule has 0 aliphatic heterocycles. The number of hydrogen-bond acceptors (Lipinski definition) is 3. The molecular weight excluding hydrogens is 274 g/mol. The Balaban J connectivity index is 3.02. The van der Waals surface area contributed by atoms with E-state index in [4.69, 9.17) is 0 Å². The normalized spacial score (nSPS) is 10.4. The second-order valence-corrected chi connectivity index (χ2v) is 5.75. The van der Waals surface area contributed by atoms with Crippen LogP contribution in [-0.2, 0) is 0 Å². The van der Waals surface area contributed by atoms with Crippen LogP contribution in [0.2, 0.25) is 0 Å². The Morgan fingerprint density at radius 3 is 2.67 bits per heavy atom. The van der Waals surface area contributed by atoms with Gasteiger partial charge in [0.1, 0.15) is 0 Å². The fourth-order valence-electron chi connectivity index (χ4n) is 1.48. The molecule has 1 heterocycles. The largest absolute Gasteiger partial charge is 0.377 e. The number of ketones is 1. The molecule has 0 saturated carbocycles. The SMILES string of the molecule is CCCC(=O)c1c(Br)sc(NCC)c1C. The van der Waals surface area contributed by atoms with E-state index in [2.05, 4.69) is 28.2 Å². The maximum Gasteiger partial charge on any atom is 0.165 e. The van der Waals surface area contributed by atoms with Crippen molar-refractivity contribution in [3.05, 3.63) is 14.9 Å². The van der Waals surface area contributed by atoms with Gasteiger partial charge < -0.3 is 5.32 Å². The van der Waals surface area contributed by atoms with E-state index < -0.39 is 0 Å². The lowest BCUT2D eigenvalue weighted by molar-refractivity contribution is 0.0981. The average molecular weight is 290 g/mol. The zero-order chi connectivity index (χ0) is 11.4. The molecule has 0 bridgehead atoms. The maximum atomic E-state index is 11.9. The van der Waals surface area contributed by atoms with E-state index in [1.807, 2.05) is 13.8 Å². The minimum atomic E-state index is 0.238. The average Bonchev–Trinajstić information content (AvgIpc) is 2.43. The number of rotatable bonds is 5. The van der Waals surface area contributed by atoms with Gasteiger partial charge in [0, 0.05) is 18.5 Å². The molecule has 1 rings (SSSR count). The molecule has 84 valence electrons. The van der Waals surface area contributed by atoms with Crippen LogP contribution >= 0.6 is 27.3 Å². The maximum absolute atomic E-state index is 11.9. The van der Waals surface area contributed by atoms with Crippen molar-refractivity contribution in [3.8, 4) is 0 Å². The molecule has 2 nitrogen and oxygen atoms in total. The van der Waals surface area contributed by atoms with Crippen LogP contribution in [0.3, 0.4) is 0 Å². The Morgan fingerprint density at radius 1 is 1.47 bits per heavy atom. The van der Waals surface area contributed by atoms with Gasteiger partial charge in [-0.05, 0) is 41.8 Å². The van der Waals surface area contributed by atoms with Gasteiger partial charge in [-0.3, -0.25) is 4.79 Å². The quantitative estimate of drug-likeness (QED) is 0.822. The summed E-state index contributed by atoms with van der Waals surface area (Å²) in [4.78, 5) is 11.9. The third-order valence-electron chi connectivity index (χ3n) is 2.20. The lowest BCUT2D eigenvalue weighted by Crippen LogP contribution is -2.01. The molecular formula is C11H16BrNOS. The molecule has 15 heavy (non-hydrogen) atoms. The first-order valence-electron chi connectivity index (χ1n) is 5.17. The second kappa shape index (κ2) is 5.66. The van der Waals surface area contributed by atoms with Crippen molar-refractivity contribution in [2.24, 2.45) is 0 Å². The van der Waals surface area contributed by atoms with Crippen LogP contribution in [-0.4, -0.2) is 12.3 Å². The van der Waals surface area contributed by atoms with Crippen molar-refractivity contribution in [2.45, 2.75) is 33.6 Å². The predicted molar refractivity (Wildman–Crippen MR) is 70.2 cm³/mol. The molecule has 1 N–H and O–H groups in total. The minimum Gasteiger partial charge on any atom is -0.377 e. The smallest absolute Gasteiger partial charge is 0.165 e. The number of anilines is 1. The van der Waals surface area contributed by atoms with Gasteiger partial charge in [-0.25, -0.2) is 0 Å². The number of carbonyl (C=O) groups is 1. The van der Waals surface area contributed by atoms with Crippen molar-refractivity contribution in [3.63, 3.8) is 0 Å². The molecule has 0 unspecified atom stereocenters. The summed E-state index contributed by atoms with van der Waals surface area (Å²) in [6.45, 7) is 6.97. The van der Waals surface area contributed by atoms with Gasteiger partial charge in [-0.15, -0.1) is 11.3 Å². The molecule has 0 aromatic carbocycles. The minimum absolute atomic E-state index is 0.238. The Hall–Kier alpha value is -0.350. The zero-order valence-electron chi connectivity index (χ0n) is 9.32. The Kier molecular flexibility index (Phi) is 4.80. The van der Waals surface area contributed by atoms with Gasteiger partial charge in [0.25, 0.3) is 0 Å². The summed E-state index contributed by atoms with van der Waals surface area (Å²) in [5.74, 6) is 0.238. The first kappa shape index (κ1) is 12.7. The van der Waals surface area contributed by atoms with Crippen LogP contribution in [0.1, 0.15) is 42.6 Å². The first-order valence-corrected chi connectivity index (χ1v) is 6.78. The molecule has 0 spiro atoms. The van der Waals surface area contributed by atoms with Crippen LogP contribution < -0.4 is 5.32 Å². The second-order valence-electron chi connectivity index (χ2n) is 3.41. The van der Waals surface area contributed by atoms with Crippen LogP contribution in [0.4, 0.5) is 5.00 Å². The topological polar surface area (TPSA) is 29.1 Å². The van der Waals surface area contributed by atoms with Crippen LogP contribution in [0.15, 0.2) is 3.79 Å². The fraction of sp³-hybridized carbons (Fsp3) is 0.545. The Labute approximate surface area is 103 Å². The Morgan fingerprint density at radius 2 is 2.13 bits per heavy atom. The summed E-state index contributed by atoms with van der Waals surface area (Å²) in [6, 6.07) is 0. The standard InChI is InChI=1S/C11H16BrNOS/c1-4-6-8(14)9-7(3)11(13-5-2)15-10(9)12/h13H,4-6H2,1-3H3. The monoisotopic (exact) mass is 289 g/mol. The molecule has 1 aromatic heterocycles. The summed E-state index contributed by atoms with van der Waals surface area (Å²) in [6.07, 6.45) is 1.53. The van der Waals surface area contributed by atoms with E-state index in [0.717, 1.165) is 32.9 Å². The fourth-order valence-corrected chi connectivity index (χ4v) is 3.50. The number of thiophene rings is 1. The van der Waals surface area contributed by atoms with Crippen LogP contribution in [0, 0.1) is 6.92 Å². The van der Waals surface area contributed by atoms with E-state index in [-0.39, 0.29) is 5.78 Å². The number of halogens is 1. The van der Waals surface area contributed by atoms with Crippen molar-refractivity contribution >= 4 is 38.1 Å². The molecule has 0 radical (unpaired) electrons. The van der Waals surface area contributed by atoms with Gasteiger partial charge in [0.05, 0.1) is 8.79 Å². The van der Waals surface area contributed by atoms with Crippen LogP contribution in [0.25, 0.3) is 0 Å².